The van der Waals surface area contributed by atoms with Crippen LogP contribution in [0.3, 0.4) is 0 Å². The van der Waals surface area contributed by atoms with Crippen LogP contribution in [-0.4, -0.2) is 35.7 Å². The van der Waals surface area contributed by atoms with Crippen LogP contribution in [0, 0.1) is 0 Å². The fourth-order valence-electron chi connectivity index (χ4n) is 9.70. The highest BCUT2D eigenvalue weighted by molar-refractivity contribution is 6.13. The third kappa shape index (κ3) is 5.19. The number of hydrogen-bond acceptors (Lipinski definition) is 5. The quantitative estimate of drug-likeness (QED) is 0.192. The van der Waals surface area contributed by atoms with E-state index in [0.717, 1.165) is 61.5 Å². The maximum absolute atomic E-state index is 5.27. The van der Waals surface area contributed by atoms with Crippen molar-refractivity contribution >= 4 is 76.8 Å². The van der Waals surface area contributed by atoms with Gasteiger partial charge in [0.2, 0.25) is 11.9 Å². The first-order valence-electron chi connectivity index (χ1n) is 20.6. The minimum absolute atomic E-state index is 0.567. The summed E-state index contributed by atoms with van der Waals surface area (Å²) in [7, 11) is 1.50. The van der Waals surface area contributed by atoms with Crippen LogP contribution in [0.15, 0.2) is 188 Å². The fraction of sp³-hybridized carbons (Fsp3) is 0.0377. The Kier molecular flexibility index (Phi) is 7.88. The summed E-state index contributed by atoms with van der Waals surface area (Å²) in [6.45, 7) is 0.799. The average molecular weight is 787 g/mol. The van der Waals surface area contributed by atoms with Gasteiger partial charge in [0.15, 0.2) is 0 Å². The van der Waals surface area contributed by atoms with Gasteiger partial charge < -0.3 is 15.2 Å². The molecule has 0 fully saturated rings. The number of fused-ring (bicyclic) bond motifs is 12. The molecule has 13 rings (SSSR count). The van der Waals surface area contributed by atoms with Crippen LogP contribution < -0.4 is 10.6 Å². The zero-order chi connectivity index (χ0) is 40.6. The van der Waals surface area contributed by atoms with E-state index in [1.165, 1.54) is 51.2 Å². The van der Waals surface area contributed by atoms with Gasteiger partial charge in [-0.3, -0.25) is 9.13 Å². The summed E-state index contributed by atoms with van der Waals surface area (Å²) in [6.07, 6.45) is 1.64. The van der Waals surface area contributed by atoms with Crippen LogP contribution in [0.4, 0.5) is 11.4 Å². The van der Waals surface area contributed by atoms with Crippen LogP contribution in [0.1, 0.15) is 5.56 Å². The molecule has 4 aromatic heterocycles. The predicted molar refractivity (Wildman–Crippen MR) is 251 cm³/mol. The van der Waals surface area contributed by atoms with Crippen LogP contribution in [0.2, 0.25) is 0 Å². The highest BCUT2D eigenvalue weighted by Gasteiger charge is 2.25. The minimum atomic E-state index is 0.567. The Balaban J connectivity index is 0.00000197. The first kappa shape index (κ1) is 34.9. The first-order chi connectivity index (χ1) is 30.3. The molecule has 12 aromatic rings. The largest absolute Gasteiger partial charge is 0.336 e. The lowest BCUT2D eigenvalue weighted by Crippen LogP contribution is -2.21. The predicted octanol–water partition coefficient (Wildman–Crippen LogP) is 12.1. The van der Waals surface area contributed by atoms with Crippen LogP contribution in [0.25, 0.3) is 94.1 Å². The number of para-hydroxylation sites is 5. The molecule has 0 saturated heterocycles. The molecule has 1 aliphatic heterocycles. The first-order valence-corrected chi connectivity index (χ1v) is 20.6. The van der Waals surface area contributed by atoms with Gasteiger partial charge in [-0.1, -0.05) is 115 Å². The van der Waals surface area contributed by atoms with Gasteiger partial charge in [0.1, 0.15) is 6.33 Å². The maximum Gasteiger partial charge on any atom is 0.239 e. The minimum Gasteiger partial charge on any atom is -0.336 e. The molecule has 290 valence electrons. The van der Waals surface area contributed by atoms with Crippen LogP contribution >= 0.6 is 0 Å². The van der Waals surface area contributed by atoms with E-state index in [1.54, 1.807) is 6.33 Å². The van der Waals surface area contributed by atoms with Crippen molar-refractivity contribution in [2.24, 2.45) is 5.73 Å². The molecular formula is C53H38N8. The lowest BCUT2D eigenvalue weighted by Gasteiger charge is -2.33. The number of rotatable bonds is 4. The second-order valence-corrected chi connectivity index (χ2v) is 15.3. The Morgan fingerprint density at radius 1 is 0.393 bits per heavy atom. The third-order valence-corrected chi connectivity index (χ3v) is 12.2. The SMILES string of the molecule is CN.c1ccc2c(c1)CN(c1ccc3c(c1)c1ccccc1n3-c1ncnc(-n3c4ccccc4c4cc(-n5c6ccccc6c6ccccc65)ccc43)n1)c1ccccc1-2. The Bertz CT molecular complexity index is 3630. The highest BCUT2D eigenvalue weighted by atomic mass is 15.3. The topological polar surface area (TPSA) is 82.7 Å². The Labute approximate surface area is 351 Å². The van der Waals surface area contributed by atoms with E-state index in [1.807, 2.05) is 0 Å². The van der Waals surface area contributed by atoms with Gasteiger partial charge in [-0.15, -0.1) is 0 Å². The van der Waals surface area contributed by atoms with E-state index >= 15 is 0 Å². The summed E-state index contributed by atoms with van der Waals surface area (Å²) in [5.41, 5.74) is 18.3. The molecule has 1 aliphatic rings. The zero-order valence-electron chi connectivity index (χ0n) is 33.3. The van der Waals surface area contributed by atoms with E-state index in [0.29, 0.717) is 11.9 Å². The van der Waals surface area contributed by atoms with Crippen molar-refractivity contribution in [2.75, 3.05) is 11.9 Å². The molecule has 0 unspecified atom stereocenters. The normalized spacial score (nSPS) is 12.3. The van der Waals surface area contributed by atoms with Gasteiger partial charge in [0.05, 0.1) is 33.1 Å². The molecular weight excluding hydrogens is 749 g/mol. The van der Waals surface area contributed by atoms with Gasteiger partial charge in [0, 0.05) is 61.5 Å². The van der Waals surface area contributed by atoms with Gasteiger partial charge in [-0.05, 0) is 84.9 Å². The molecule has 61 heavy (non-hydrogen) atoms. The Morgan fingerprint density at radius 2 is 0.820 bits per heavy atom. The van der Waals surface area contributed by atoms with Gasteiger partial charge in [0.25, 0.3) is 0 Å². The molecule has 8 heteroatoms. The maximum atomic E-state index is 5.27. The van der Waals surface area contributed by atoms with Crippen LogP contribution in [0.5, 0.6) is 0 Å². The van der Waals surface area contributed by atoms with Gasteiger partial charge >= 0.3 is 0 Å². The van der Waals surface area contributed by atoms with Crippen molar-refractivity contribution in [1.82, 2.24) is 28.7 Å². The molecule has 0 saturated carbocycles. The van der Waals surface area contributed by atoms with Crippen molar-refractivity contribution in [3.8, 4) is 28.7 Å². The summed E-state index contributed by atoms with van der Waals surface area (Å²) < 4.78 is 6.71. The van der Waals surface area contributed by atoms with E-state index < -0.39 is 0 Å². The fourth-order valence-corrected chi connectivity index (χ4v) is 9.70. The number of nitrogens with zero attached hydrogens (tertiary/aromatic N) is 7. The second kappa shape index (κ2) is 13.8. The molecule has 0 spiro atoms. The van der Waals surface area contributed by atoms with Gasteiger partial charge in [-0.2, -0.15) is 4.98 Å². The average Bonchev–Trinajstić information content (AvgIpc) is 3.97. The monoisotopic (exact) mass is 786 g/mol. The molecule has 0 amide bonds. The number of anilines is 2. The molecule has 0 atom stereocenters. The van der Waals surface area contributed by atoms with Gasteiger partial charge in [-0.25, -0.2) is 9.97 Å². The Hall–Kier alpha value is -8.07. The van der Waals surface area contributed by atoms with Crippen molar-refractivity contribution < 1.29 is 0 Å². The molecule has 0 radical (unpaired) electrons. The van der Waals surface area contributed by atoms with Crippen molar-refractivity contribution in [1.29, 1.82) is 0 Å². The summed E-state index contributed by atoms with van der Waals surface area (Å²) in [5, 5.41) is 7.04. The number of benzene rings is 8. The molecule has 0 bridgehead atoms. The smallest absolute Gasteiger partial charge is 0.239 e. The lowest BCUT2D eigenvalue weighted by molar-refractivity contribution is 0.886. The van der Waals surface area contributed by atoms with Crippen LogP contribution in [-0.2, 0) is 6.54 Å². The number of hydrogen-bond donors (Lipinski definition) is 1. The third-order valence-electron chi connectivity index (χ3n) is 12.2. The number of aromatic nitrogens is 6. The van der Waals surface area contributed by atoms with E-state index in [9.17, 15) is 0 Å². The molecule has 8 nitrogen and oxygen atoms in total. The molecule has 2 N–H and O–H groups in total. The zero-order valence-corrected chi connectivity index (χ0v) is 33.3. The lowest BCUT2D eigenvalue weighted by atomic mass is 9.93. The summed E-state index contributed by atoms with van der Waals surface area (Å²) >= 11 is 0. The van der Waals surface area contributed by atoms with Crippen molar-refractivity contribution in [2.45, 2.75) is 6.54 Å². The summed E-state index contributed by atoms with van der Waals surface area (Å²) in [6, 6.07) is 65.3. The molecule has 8 aromatic carbocycles. The molecule has 5 heterocycles. The van der Waals surface area contributed by atoms with Crippen molar-refractivity contribution in [3.63, 3.8) is 0 Å². The van der Waals surface area contributed by atoms with E-state index in [4.69, 9.17) is 15.0 Å². The standard InChI is InChI=1S/C52H33N7.CH5N/c1-2-14-36-33(13-1)31-56(44-20-8-3-15-37(36)44)34-25-27-49-42(29-34)40-18-6-11-23-47(40)58(49)51-53-32-54-52(55-51)59-48-24-12-7-19-41(48)43-30-35(26-28-50(43)59)57-45-21-9-4-16-38(45)39-17-5-10-22-46(39)57;1-2/h1-30,32H,31H2;2H2,1H3. The molecule has 0 aliphatic carbocycles. The summed E-state index contributed by atoms with van der Waals surface area (Å²) in [4.78, 5) is 17.4. The summed E-state index contributed by atoms with van der Waals surface area (Å²) in [5.74, 6) is 1.14. The number of nitrogens with two attached hydrogens (primary N) is 1. The van der Waals surface area contributed by atoms with E-state index in [-0.39, 0.29) is 0 Å². The second-order valence-electron chi connectivity index (χ2n) is 15.3. The highest BCUT2D eigenvalue weighted by Crippen LogP contribution is 2.44. The Morgan fingerprint density at radius 3 is 1.41 bits per heavy atom. The van der Waals surface area contributed by atoms with Crippen molar-refractivity contribution in [3.05, 3.63) is 194 Å². The van der Waals surface area contributed by atoms with E-state index in [2.05, 4.69) is 206 Å².